The summed E-state index contributed by atoms with van der Waals surface area (Å²) in [6.45, 7) is 4.07. The van der Waals surface area contributed by atoms with Crippen molar-refractivity contribution in [2.75, 3.05) is 32.8 Å². The molecule has 1 aromatic carbocycles. The Balaban J connectivity index is 1.57. The van der Waals surface area contributed by atoms with Crippen molar-refractivity contribution in [2.45, 2.75) is 12.6 Å². The van der Waals surface area contributed by atoms with Gasteiger partial charge in [0.2, 0.25) is 0 Å². The van der Waals surface area contributed by atoms with Gasteiger partial charge in [-0.25, -0.2) is 4.79 Å². The molecule has 2 fully saturated rings. The zero-order valence-corrected chi connectivity index (χ0v) is 11.5. The molecule has 1 N–H and O–H groups in total. The summed E-state index contributed by atoms with van der Waals surface area (Å²) >= 11 is 0. The van der Waals surface area contributed by atoms with E-state index in [1.807, 2.05) is 35.2 Å². The van der Waals surface area contributed by atoms with E-state index in [0.717, 1.165) is 18.7 Å². The molecule has 1 aromatic rings. The van der Waals surface area contributed by atoms with Crippen LogP contribution in [-0.4, -0.2) is 49.9 Å². The quantitative estimate of drug-likeness (QED) is 0.902. The molecule has 3 rings (SSSR count). The third kappa shape index (κ3) is 2.94. The molecule has 2 aliphatic rings. The van der Waals surface area contributed by atoms with Gasteiger partial charge in [0, 0.05) is 25.6 Å². The lowest BCUT2D eigenvalue weighted by atomic mass is 9.92. The van der Waals surface area contributed by atoms with Crippen LogP contribution in [0.1, 0.15) is 5.56 Å². The number of nitrogens with zero attached hydrogens (tertiary/aromatic N) is 1. The molecular weight excluding hydrogens is 256 g/mol. The van der Waals surface area contributed by atoms with E-state index in [-0.39, 0.29) is 12.1 Å². The normalized spacial score (nSPS) is 23.2. The van der Waals surface area contributed by atoms with Crippen LogP contribution in [0.25, 0.3) is 0 Å². The minimum Gasteiger partial charge on any atom is -0.445 e. The second kappa shape index (κ2) is 6.24. The molecular formula is C15H20N2O3. The zero-order valence-electron chi connectivity index (χ0n) is 11.5. The first kappa shape index (κ1) is 13.4. The molecule has 0 aliphatic carbocycles. The molecule has 1 amide bonds. The van der Waals surface area contributed by atoms with Crippen molar-refractivity contribution >= 4 is 6.09 Å². The molecule has 0 aromatic heterocycles. The third-order valence-electron chi connectivity index (χ3n) is 3.96. The fourth-order valence-electron chi connectivity index (χ4n) is 2.63. The van der Waals surface area contributed by atoms with Crippen LogP contribution in [0.5, 0.6) is 0 Å². The number of benzene rings is 1. The summed E-state index contributed by atoms with van der Waals surface area (Å²) in [5.74, 6) is 0.486. The Hall–Kier alpha value is -1.59. The zero-order chi connectivity index (χ0) is 13.8. The van der Waals surface area contributed by atoms with Crippen LogP contribution in [0.4, 0.5) is 4.79 Å². The lowest BCUT2D eigenvalue weighted by molar-refractivity contribution is -0.0372. The molecule has 2 heterocycles. The summed E-state index contributed by atoms with van der Waals surface area (Å²) < 4.78 is 10.9. The van der Waals surface area contributed by atoms with Gasteiger partial charge in [0.25, 0.3) is 0 Å². The van der Waals surface area contributed by atoms with E-state index in [9.17, 15) is 4.79 Å². The van der Waals surface area contributed by atoms with E-state index in [0.29, 0.717) is 32.3 Å². The van der Waals surface area contributed by atoms with E-state index in [4.69, 9.17) is 9.47 Å². The van der Waals surface area contributed by atoms with Crippen LogP contribution in [0, 0.1) is 5.92 Å². The van der Waals surface area contributed by atoms with Crippen LogP contribution in [0.3, 0.4) is 0 Å². The molecule has 2 saturated heterocycles. The molecule has 5 heteroatoms. The molecule has 0 spiro atoms. The van der Waals surface area contributed by atoms with E-state index in [2.05, 4.69) is 5.32 Å². The number of carbonyl (C=O) groups is 1. The van der Waals surface area contributed by atoms with Gasteiger partial charge in [-0.05, 0) is 5.56 Å². The molecule has 0 saturated carbocycles. The minimum atomic E-state index is -0.228. The number of hydrogen-bond donors (Lipinski definition) is 1. The van der Waals surface area contributed by atoms with Crippen LogP contribution < -0.4 is 5.32 Å². The van der Waals surface area contributed by atoms with Crippen molar-refractivity contribution in [2.24, 2.45) is 5.92 Å². The second-order valence-corrected chi connectivity index (χ2v) is 5.29. The van der Waals surface area contributed by atoms with E-state index in [1.54, 1.807) is 0 Å². The van der Waals surface area contributed by atoms with E-state index >= 15 is 0 Å². The minimum absolute atomic E-state index is 0.147. The standard InChI is InChI=1S/C15H20N2O3/c18-15(20-10-12-4-2-1-3-5-12)17-6-7-19-11-14(17)13-8-16-9-13/h1-5,13-14,16H,6-11H2. The maximum absolute atomic E-state index is 12.3. The van der Waals surface area contributed by atoms with Gasteiger partial charge in [-0.3, -0.25) is 0 Å². The van der Waals surface area contributed by atoms with Gasteiger partial charge >= 0.3 is 6.09 Å². The highest BCUT2D eigenvalue weighted by Crippen LogP contribution is 2.20. The topological polar surface area (TPSA) is 50.8 Å². The molecule has 1 unspecified atom stereocenters. The Morgan fingerprint density at radius 2 is 2.15 bits per heavy atom. The molecule has 2 aliphatic heterocycles. The molecule has 1 atom stereocenters. The Kier molecular flexibility index (Phi) is 4.18. The second-order valence-electron chi connectivity index (χ2n) is 5.29. The van der Waals surface area contributed by atoms with Gasteiger partial charge in [0.05, 0.1) is 19.3 Å². The Bertz CT molecular complexity index is 448. The predicted octanol–water partition coefficient (Wildman–Crippen LogP) is 1.24. The van der Waals surface area contributed by atoms with Gasteiger partial charge in [-0.1, -0.05) is 30.3 Å². The van der Waals surface area contributed by atoms with E-state index in [1.165, 1.54) is 0 Å². The molecule has 0 radical (unpaired) electrons. The third-order valence-corrected chi connectivity index (χ3v) is 3.96. The summed E-state index contributed by atoms with van der Waals surface area (Å²) in [5, 5.41) is 3.24. The predicted molar refractivity (Wildman–Crippen MR) is 74.3 cm³/mol. The number of amides is 1. The average Bonchev–Trinajstić information content (AvgIpc) is 2.45. The maximum Gasteiger partial charge on any atom is 0.410 e. The first-order valence-electron chi connectivity index (χ1n) is 7.10. The van der Waals surface area contributed by atoms with Crippen molar-refractivity contribution in [1.82, 2.24) is 10.2 Å². The van der Waals surface area contributed by atoms with Crippen LogP contribution in [0.15, 0.2) is 30.3 Å². The summed E-state index contributed by atoms with van der Waals surface area (Å²) in [6.07, 6.45) is -0.228. The molecule has 20 heavy (non-hydrogen) atoms. The van der Waals surface area contributed by atoms with Crippen molar-refractivity contribution in [3.63, 3.8) is 0 Å². The summed E-state index contributed by atoms with van der Waals surface area (Å²) in [7, 11) is 0. The number of hydrogen-bond acceptors (Lipinski definition) is 4. The number of nitrogens with one attached hydrogen (secondary N) is 1. The summed E-state index contributed by atoms with van der Waals surface area (Å²) in [6, 6.07) is 9.90. The monoisotopic (exact) mass is 276 g/mol. The van der Waals surface area contributed by atoms with Crippen LogP contribution in [-0.2, 0) is 16.1 Å². The largest absolute Gasteiger partial charge is 0.445 e. The van der Waals surface area contributed by atoms with Crippen LogP contribution >= 0.6 is 0 Å². The molecule has 108 valence electrons. The highest BCUT2D eigenvalue weighted by atomic mass is 16.6. The van der Waals surface area contributed by atoms with E-state index < -0.39 is 0 Å². The first-order valence-corrected chi connectivity index (χ1v) is 7.10. The van der Waals surface area contributed by atoms with Gasteiger partial charge in [0.1, 0.15) is 6.61 Å². The molecule has 5 nitrogen and oxygen atoms in total. The fourth-order valence-corrected chi connectivity index (χ4v) is 2.63. The van der Waals surface area contributed by atoms with Gasteiger partial charge in [-0.15, -0.1) is 0 Å². The SMILES string of the molecule is O=C(OCc1ccccc1)N1CCOCC1C1CNC1. The van der Waals surface area contributed by atoms with Gasteiger partial charge in [-0.2, -0.15) is 0 Å². The van der Waals surface area contributed by atoms with Gasteiger partial charge in [0.15, 0.2) is 0 Å². The molecule has 0 bridgehead atoms. The number of morpholine rings is 1. The highest BCUT2D eigenvalue weighted by molar-refractivity contribution is 5.68. The Labute approximate surface area is 118 Å². The van der Waals surface area contributed by atoms with Crippen LogP contribution in [0.2, 0.25) is 0 Å². The van der Waals surface area contributed by atoms with Crippen molar-refractivity contribution < 1.29 is 14.3 Å². The number of carbonyl (C=O) groups excluding carboxylic acids is 1. The van der Waals surface area contributed by atoms with Crippen molar-refractivity contribution in [3.05, 3.63) is 35.9 Å². The van der Waals surface area contributed by atoms with Crippen molar-refractivity contribution in [3.8, 4) is 0 Å². The lowest BCUT2D eigenvalue weighted by Gasteiger charge is -2.43. The van der Waals surface area contributed by atoms with Gasteiger partial charge < -0.3 is 19.7 Å². The highest BCUT2D eigenvalue weighted by Gasteiger charge is 2.37. The van der Waals surface area contributed by atoms with Crippen molar-refractivity contribution in [1.29, 1.82) is 0 Å². The average molecular weight is 276 g/mol. The maximum atomic E-state index is 12.3. The summed E-state index contributed by atoms with van der Waals surface area (Å²) in [5.41, 5.74) is 1.01. The Morgan fingerprint density at radius 1 is 1.35 bits per heavy atom. The number of rotatable bonds is 3. The lowest BCUT2D eigenvalue weighted by Crippen LogP contribution is -2.60. The fraction of sp³-hybridized carbons (Fsp3) is 0.533. The smallest absolute Gasteiger partial charge is 0.410 e. The first-order chi connectivity index (χ1) is 9.84. The Morgan fingerprint density at radius 3 is 2.85 bits per heavy atom. The summed E-state index contributed by atoms with van der Waals surface area (Å²) in [4.78, 5) is 14.1. The number of ether oxygens (including phenoxy) is 2.